The minimum atomic E-state index is -2.88. The van der Waals surface area contributed by atoms with Gasteiger partial charge < -0.3 is 10.6 Å². The summed E-state index contributed by atoms with van der Waals surface area (Å²) in [6, 6.07) is 17.4. The van der Waals surface area contributed by atoms with E-state index in [2.05, 4.69) is 10.6 Å². The molecule has 132 valence electrons. The van der Waals surface area contributed by atoms with Crippen LogP contribution in [0.4, 0.5) is 17.1 Å². The van der Waals surface area contributed by atoms with Gasteiger partial charge in [-0.05, 0) is 55.2 Å². The normalized spacial score (nSPS) is 17.0. The molecule has 6 heteroatoms. The molecule has 0 atom stereocenters. The number of sulfone groups is 1. The Kier molecular flexibility index (Phi) is 5.38. The number of anilines is 3. The average Bonchev–Trinajstić information content (AvgIpc) is 2.59. The topological polar surface area (TPSA) is 75.3 Å². The Morgan fingerprint density at radius 1 is 0.880 bits per heavy atom. The van der Waals surface area contributed by atoms with Crippen molar-refractivity contribution in [3.8, 4) is 0 Å². The van der Waals surface area contributed by atoms with Crippen molar-refractivity contribution in [2.45, 2.75) is 19.3 Å². The summed E-state index contributed by atoms with van der Waals surface area (Å²) in [5.41, 5.74) is 2.69. The summed E-state index contributed by atoms with van der Waals surface area (Å²) in [6.45, 7) is 0. The lowest BCUT2D eigenvalue weighted by molar-refractivity contribution is -0.117. The molecule has 25 heavy (non-hydrogen) atoms. The molecule has 0 unspecified atom stereocenters. The number of para-hydroxylation sites is 1. The fourth-order valence-electron chi connectivity index (χ4n) is 2.94. The molecular formula is C19H22N2O3S. The molecule has 0 spiro atoms. The first-order valence-electron chi connectivity index (χ1n) is 8.43. The second-order valence-corrected chi connectivity index (χ2v) is 8.72. The van der Waals surface area contributed by atoms with Crippen molar-refractivity contribution >= 4 is 32.8 Å². The lowest BCUT2D eigenvalue weighted by Crippen LogP contribution is -2.26. The van der Waals surface area contributed by atoms with Crippen LogP contribution in [0.15, 0.2) is 54.6 Å². The first kappa shape index (κ1) is 17.5. The van der Waals surface area contributed by atoms with E-state index in [4.69, 9.17) is 0 Å². The van der Waals surface area contributed by atoms with Crippen molar-refractivity contribution in [3.05, 3.63) is 54.6 Å². The zero-order valence-corrected chi connectivity index (χ0v) is 14.8. The molecule has 0 radical (unpaired) electrons. The van der Waals surface area contributed by atoms with Crippen LogP contribution in [0.2, 0.25) is 0 Å². The molecule has 3 rings (SSSR count). The number of rotatable bonds is 5. The van der Waals surface area contributed by atoms with Crippen molar-refractivity contribution < 1.29 is 13.2 Å². The minimum Gasteiger partial charge on any atom is -0.356 e. The van der Waals surface area contributed by atoms with Gasteiger partial charge in [-0.3, -0.25) is 4.79 Å². The maximum absolute atomic E-state index is 12.1. The maximum Gasteiger partial charge on any atom is 0.224 e. The van der Waals surface area contributed by atoms with Gasteiger partial charge in [-0.1, -0.05) is 18.2 Å². The molecule has 0 saturated carbocycles. The lowest BCUT2D eigenvalue weighted by atomic mass is 9.98. The van der Waals surface area contributed by atoms with Gasteiger partial charge in [0.2, 0.25) is 5.91 Å². The second kappa shape index (κ2) is 7.70. The number of amides is 1. The standard InChI is InChI=1S/C19H22N2O3S/c22-19(14-15-10-12-25(23,24)13-11-15)21-18-8-6-17(7-9-18)20-16-4-2-1-3-5-16/h1-9,15,20H,10-14H2,(H,21,22). The van der Waals surface area contributed by atoms with Crippen molar-refractivity contribution in [3.63, 3.8) is 0 Å². The monoisotopic (exact) mass is 358 g/mol. The van der Waals surface area contributed by atoms with Crippen LogP contribution in [0, 0.1) is 5.92 Å². The van der Waals surface area contributed by atoms with Gasteiger partial charge in [0.25, 0.3) is 0 Å². The third-order valence-electron chi connectivity index (χ3n) is 4.38. The highest BCUT2D eigenvalue weighted by Crippen LogP contribution is 2.23. The maximum atomic E-state index is 12.1. The molecule has 0 aliphatic carbocycles. The third-order valence-corrected chi connectivity index (χ3v) is 6.09. The number of nitrogens with one attached hydrogen (secondary N) is 2. The zero-order valence-electron chi connectivity index (χ0n) is 13.9. The van der Waals surface area contributed by atoms with E-state index in [1.807, 2.05) is 54.6 Å². The summed E-state index contributed by atoms with van der Waals surface area (Å²) >= 11 is 0. The Balaban J connectivity index is 1.50. The third kappa shape index (κ3) is 5.32. The van der Waals surface area contributed by atoms with Crippen LogP contribution in [0.3, 0.4) is 0 Å². The molecule has 2 aromatic rings. The molecule has 1 heterocycles. The predicted octanol–water partition coefficient (Wildman–Crippen LogP) is 3.58. The highest BCUT2D eigenvalue weighted by Gasteiger charge is 2.25. The number of hydrogen-bond donors (Lipinski definition) is 2. The Bertz CT molecular complexity index is 804. The van der Waals surface area contributed by atoms with Crippen molar-refractivity contribution in [2.75, 3.05) is 22.1 Å². The predicted molar refractivity (Wildman–Crippen MR) is 101 cm³/mol. The minimum absolute atomic E-state index is 0.0620. The van der Waals surface area contributed by atoms with Gasteiger partial charge in [-0.2, -0.15) is 0 Å². The van der Waals surface area contributed by atoms with Gasteiger partial charge in [0.05, 0.1) is 11.5 Å². The second-order valence-electron chi connectivity index (χ2n) is 6.42. The first-order valence-corrected chi connectivity index (χ1v) is 10.2. The van der Waals surface area contributed by atoms with E-state index in [1.54, 1.807) is 0 Å². The van der Waals surface area contributed by atoms with E-state index < -0.39 is 9.84 Å². The van der Waals surface area contributed by atoms with E-state index in [0.29, 0.717) is 19.3 Å². The van der Waals surface area contributed by atoms with E-state index in [-0.39, 0.29) is 23.3 Å². The van der Waals surface area contributed by atoms with Crippen molar-refractivity contribution in [2.24, 2.45) is 5.92 Å². The van der Waals surface area contributed by atoms with E-state index in [0.717, 1.165) is 17.1 Å². The lowest BCUT2D eigenvalue weighted by Gasteiger charge is -2.21. The number of carbonyl (C=O) groups is 1. The summed E-state index contributed by atoms with van der Waals surface area (Å²) in [4.78, 5) is 12.1. The van der Waals surface area contributed by atoms with Crippen LogP contribution in [-0.2, 0) is 14.6 Å². The largest absolute Gasteiger partial charge is 0.356 e. The first-order chi connectivity index (χ1) is 12.0. The summed E-state index contributed by atoms with van der Waals surface area (Å²) in [5, 5.41) is 6.17. The summed E-state index contributed by atoms with van der Waals surface area (Å²) < 4.78 is 22.9. The van der Waals surface area contributed by atoms with Gasteiger partial charge in [0, 0.05) is 23.5 Å². The summed E-state index contributed by atoms with van der Waals surface area (Å²) in [6.07, 6.45) is 1.53. The SMILES string of the molecule is O=C(CC1CCS(=O)(=O)CC1)Nc1ccc(Nc2ccccc2)cc1. The fourth-order valence-corrected chi connectivity index (χ4v) is 4.53. The summed E-state index contributed by atoms with van der Waals surface area (Å²) in [5.74, 6) is 0.492. The molecule has 1 aliphatic rings. The molecule has 2 N–H and O–H groups in total. The molecule has 1 saturated heterocycles. The summed E-state index contributed by atoms with van der Waals surface area (Å²) in [7, 11) is -2.88. The van der Waals surface area contributed by atoms with Crippen LogP contribution in [-0.4, -0.2) is 25.8 Å². The Labute approximate surface area is 148 Å². The molecule has 2 aromatic carbocycles. The number of hydrogen-bond acceptors (Lipinski definition) is 4. The Hall–Kier alpha value is -2.34. The molecule has 1 fully saturated rings. The Morgan fingerprint density at radius 2 is 1.44 bits per heavy atom. The highest BCUT2D eigenvalue weighted by molar-refractivity contribution is 7.91. The molecule has 0 aromatic heterocycles. The van der Waals surface area contributed by atoms with Gasteiger partial charge >= 0.3 is 0 Å². The van der Waals surface area contributed by atoms with Gasteiger partial charge in [-0.25, -0.2) is 8.42 Å². The van der Waals surface area contributed by atoms with Gasteiger partial charge in [0.15, 0.2) is 0 Å². The number of benzene rings is 2. The van der Waals surface area contributed by atoms with Crippen LogP contribution in [0.5, 0.6) is 0 Å². The van der Waals surface area contributed by atoms with E-state index in [9.17, 15) is 13.2 Å². The number of carbonyl (C=O) groups excluding carboxylic acids is 1. The van der Waals surface area contributed by atoms with Gasteiger partial charge in [0.1, 0.15) is 9.84 Å². The molecule has 0 bridgehead atoms. The van der Waals surface area contributed by atoms with E-state index >= 15 is 0 Å². The van der Waals surface area contributed by atoms with Crippen LogP contribution < -0.4 is 10.6 Å². The van der Waals surface area contributed by atoms with Crippen molar-refractivity contribution in [1.82, 2.24) is 0 Å². The zero-order chi connectivity index (χ0) is 17.7. The van der Waals surface area contributed by atoms with Crippen LogP contribution >= 0.6 is 0 Å². The van der Waals surface area contributed by atoms with Crippen LogP contribution in [0.1, 0.15) is 19.3 Å². The van der Waals surface area contributed by atoms with Crippen LogP contribution in [0.25, 0.3) is 0 Å². The van der Waals surface area contributed by atoms with E-state index in [1.165, 1.54) is 0 Å². The molecular weight excluding hydrogens is 336 g/mol. The fraction of sp³-hybridized carbons (Fsp3) is 0.316. The molecule has 5 nitrogen and oxygen atoms in total. The van der Waals surface area contributed by atoms with Crippen molar-refractivity contribution in [1.29, 1.82) is 0 Å². The molecule has 1 amide bonds. The average molecular weight is 358 g/mol. The van der Waals surface area contributed by atoms with Gasteiger partial charge in [-0.15, -0.1) is 0 Å². The quantitative estimate of drug-likeness (QED) is 0.856. The Morgan fingerprint density at radius 3 is 2.08 bits per heavy atom. The molecule has 1 aliphatic heterocycles. The smallest absolute Gasteiger partial charge is 0.224 e. The highest BCUT2D eigenvalue weighted by atomic mass is 32.2.